The lowest BCUT2D eigenvalue weighted by Gasteiger charge is -2.50. The van der Waals surface area contributed by atoms with Gasteiger partial charge in [-0.3, -0.25) is 19.2 Å². The quantitative estimate of drug-likeness (QED) is 0.666. The molecule has 4 atom stereocenters. The second kappa shape index (κ2) is 9.02. The molecule has 1 aromatic heterocycles. The molecule has 5 heterocycles. The molecule has 2 aromatic rings. The second-order valence-electron chi connectivity index (χ2n) is 9.35. The number of aromatic nitrogens is 3. The molecule has 0 spiro atoms. The summed E-state index contributed by atoms with van der Waals surface area (Å²) in [6.45, 7) is 4.00. The van der Waals surface area contributed by atoms with E-state index in [1.807, 2.05) is 46.1 Å². The molecule has 4 saturated heterocycles. The lowest BCUT2D eigenvalue weighted by molar-refractivity contribution is -0.152. The predicted molar refractivity (Wildman–Crippen MR) is 118 cm³/mol. The van der Waals surface area contributed by atoms with Crippen LogP contribution in [0.25, 0.3) is 11.3 Å². The molecule has 32 heavy (non-hydrogen) atoms. The van der Waals surface area contributed by atoms with Gasteiger partial charge in [0.05, 0.1) is 31.7 Å². The monoisotopic (exact) mass is 437 g/mol. The van der Waals surface area contributed by atoms with E-state index in [0.29, 0.717) is 37.9 Å². The average molecular weight is 438 g/mol. The highest BCUT2D eigenvalue weighted by molar-refractivity contribution is 5.80. The maximum atomic E-state index is 13.3. The minimum absolute atomic E-state index is 0.0663. The van der Waals surface area contributed by atoms with Crippen LogP contribution >= 0.6 is 0 Å². The van der Waals surface area contributed by atoms with E-state index in [0.717, 1.165) is 43.7 Å². The molecule has 0 saturated carbocycles. The van der Waals surface area contributed by atoms with Gasteiger partial charge in [0.2, 0.25) is 5.91 Å². The zero-order valence-corrected chi connectivity index (χ0v) is 18.6. The SMILES string of the molecule is COC(=O)C1CCN(C(=O)[C@@H]2CN3CC[C@H]2C[C@@H]3Cn2cc(-c3ccccc3)nn2)CC1. The van der Waals surface area contributed by atoms with Gasteiger partial charge in [0.1, 0.15) is 5.69 Å². The van der Waals surface area contributed by atoms with E-state index in [2.05, 4.69) is 15.2 Å². The van der Waals surface area contributed by atoms with E-state index in [-0.39, 0.29) is 23.7 Å². The molecule has 4 aliphatic heterocycles. The van der Waals surface area contributed by atoms with Crippen LogP contribution < -0.4 is 0 Å². The number of hydrogen-bond acceptors (Lipinski definition) is 6. The Hall–Kier alpha value is -2.74. The normalized spacial score (nSPS) is 28.0. The minimum Gasteiger partial charge on any atom is -0.469 e. The zero-order chi connectivity index (χ0) is 22.1. The third-order valence-corrected chi connectivity index (χ3v) is 7.54. The third kappa shape index (κ3) is 4.16. The van der Waals surface area contributed by atoms with Crippen molar-refractivity contribution in [2.45, 2.75) is 38.3 Å². The first kappa shape index (κ1) is 21.1. The fourth-order valence-corrected chi connectivity index (χ4v) is 5.69. The molecule has 0 aliphatic carbocycles. The Labute approximate surface area is 188 Å². The number of methoxy groups -OCH3 is 1. The first-order chi connectivity index (χ1) is 15.6. The van der Waals surface area contributed by atoms with Crippen molar-refractivity contribution in [1.29, 1.82) is 0 Å². The highest BCUT2D eigenvalue weighted by atomic mass is 16.5. The van der Waals surface area contributed by atoms with Gasteiger partial charge in [0.25, 0.3) is 0 Å². The highest BCUT2D eigenvalue weighted by Crippen LogP contribution is 2.38. The van der Waals surface area contributed by atoms with Crippen LogP contribution in [-0.4, -0.2) is 76.0 Å². The number of esters is 1. The standard InChI is InChI=1S/C24H31N5O3/c1-32-24(31)18-7-10-27(11-8-18)23(30)21-15-28-12-9-19(21)13-20(28)14-29-16-22(25-26-29)17-5-3-2-4-6-17/h2-6,16,18-21H,7-15H2,1H3/t19-,20+,21+/m0/s1. The summed E-state index contributed by atoms with van der Waals surface area (Å²) in [5, 5.41) is 8.70. The number of nitrogens with zero attached hydrogens (tertiary/aromatic N) is 5. The number of hydrogen-bond donors (Lipinski definition) is 0. The smallest absolute Gasteiger partial charge is 0.308 e. The van der Waals surface area contributed by atoms with Crippen LogP contribution in [0.1, 0.15) is 25.7 Å². The van der Waals surface area contributed by atoms with Crippen molar-refractivity contribution in [3.63, 3.8) is 0 Å². The van der Waals surface area contributed by atoms with Crippen LogP contribution in [0.4, 0.5) is 0 Å². The average Bonchev–Trinajstić information content (AvgIpc) is 3.32. The maximum absolute atomic E-state index is 13.3. The van der Waals surface area contributed by atoms with Gasteiger partial charge in [-0.25, -0.2) is 0 Å². The lowest BCUT2D eigenvalue weighted by atomic mass is 9.74. The highest BCUT2D eigenvalue weighted by Gasteiger charge is 2.45. The fourth-order valence-electron chi connectivity index (χ4n) is 5.69. The molecular formula is C24H31N5O3. The Bertz CT molecular complexity index is 954. The molecule has 0 N–H and O–H groups in total. The molecule has 1 amide bonds. The van der Waals surface area contributed by atoms with Gasteiger partial charge in [-0.1, -0.05) is 35.5 Å². The van der Waals surface area contributed by atoms with E-state index in [1.165, 1.54) is 7.11 Å². The van der Waals surface area contributed by atoms with E-state index < -0.39 is 0 Å². The van der Waals surface area contributed by atoms with E-state index in [1.54, 1.807) is 0 Å². The summed E-state index contributed by atoms with van der Waals surface area (Å²) in [5.74, 6) is 0.557. The Morgan fingerprint density at radius 3 is 2.56 bits per heavy atom. The predicted octanol–water partition coefficient (Wildman–Crippen LogP) is 2.07. The number of likely N-dealkylation sites (tertiary alicyclic amines) is 1. The fraction of sp³-hybridized carbons (Fsp3) is 0.583. The lowest BCUT2D eigenvalue weighted by Crippen LogP contribution is -2.59. The number of piperidine rings is 4. The van der Waals surface area contributed by atoms with Crippen LogP contribution in [0.5, 0.6) is 0 Å². The summed E-state index contributed by atoms with van der Waals surface area (Å²) in [6.07, 6.45) is 5.54. The van der Waals surface area contributed by atoms with Crippen LogP contribution in [0, 0.1) is 17.8 Å². The number of rotatable bonds is 5. The first-order valence-electron chi connectivity index (χ1n) is 11.7. The number of ether oxygens (including phenoxy) is 1. The summed E-state index contributed by atoms with van der Waals surface area (Å²) in [6, 6.07) is 10.5. The van der Waals surface area contributed by atoms with Crippen LogP contribution in [0.15, 0.2) is 36.5 Å². The number of fused-ring (bicyclic) bond motifs is 3. The summed E-state index contributed by atoms with van der Waals surface area (Å²) in [7, 11) is 1.44. The van der Waals surface area contributed by atoms with Gasteiger partial charge in [-0.15, -0.1) is 5.10 Å². The maximum Gasteiger partial charge on any atom is 0.308 e. The Kier molecular flexibility index (Phi) is 5.95. The van der Waals surface area contributed by atoms with Gasteiger partial charge in [-0.2, -0.15) is 0 Å². The molecule has 8 heteroatoms. The van der Waals surface area contributed by atoms with Crippen molar-refractivity contribution < 1.29 is 14.3 Å². The molecule has 4 aliphatic rings. The number of carbonyl (C=O) groups is 2. The van der Waals surface area contributed by atoms with Crippen molar-refractivity contribution in [2.24, 2.45) is 17.8 Å². The van der Waals surface area contributed by atoms with E-state index >= 15 is 0 Å². The molecule has 1 aromatic carbocycles. The minimum atomic E-state index is -0.147. The van der Waals surface area contributed by atoms with Crippen molar-refractivity contribution in [2.75, 3.05) is 33.3 Å². The molecule has 6 rings (SSSR count). The van der Waals surface area contributed by atoms with Crippen molar-refractivity contribution in [3.05, 3.63) is 36.5 Å². The summed E-state index contributed by atoms with van der Waals surface area (Å²) >= 11 is 0. The zero-order valence-electron chi connectivity index (χ0n) is 18.6. The number of carbonyl (C=O) groups excluding carboxylic acids is 2. The van der Waals surface area contributed by atoms with E-state index in [4.69, 9.17) is 4.74 Å². The van der Waals surface area contributed by atoms with Gasteiger partial charge in [-0.05, 0) is 38.1 Å². The van der Waals surface area contributed by atoms with Crippen LogP contribution in [0.3, 0.4) is 0 Å². The molecule has 1 unspecified atom stereocenters. The number of amides is 1. The van der Waals surface area contributed by atoms with Crippen molar-refractivity contribution in [3.8, 4) is 11.3 Å². The molecule has 0 radical (unpaired) electrons. The molecular weight excluding hydrogens is 406 g/mol. The third-order valence-electron chi connectivity index (χ3n) is 7.54. The Balaban J connectivity index is 1.18. The van der Waals surface area contributed by atoms with Gasteiger partial charge in [0, 0.05) is 31.2 Å². The summed E-state index contributed by atoms with van der Waals surface area (Å²) in [5.41, 5.74) is 1.97. The Morgan fingerprint density at radius 2 is 1.88 bits per heavy atom. The molecule has 8 nitrogen and oxygen atoms in total. The summed E-state index contributed by atoms with van der Waals surface area (Å²) < 4.78 is 6.82. The first-order valence-corrected chi connectivity index (χ1v) is 11.7. The molecule has 4 fully saturated rings. The molecule has 2 bridgehead atoms. The summed E-state index contributed by atoms with van der Waals surface area (Å²) in [4.78, 5) is 29.5. The van der Waals surface area contributed by atoms with Crippen LogP contribution in [0.2, 0.25) is 0 Å². The van der Waals surface area contributed by atoms with Crippen molar-refractivity contribution in [1.82, 2.24) is 24.8 Å². The molecule has 170 valence electrons. The van der Waals surface area contributed by atoms with E-state index in [9.17, 15) is 9.59 Å². The topological polar surface area (TPSA) is 80.6 Å². The van der Waals surface area contributed by atoms with Gasteiger partial charge in [0.15, 0.2) is 0 Å². The largest absolute Gasteiger partial charge is 0.469 e. The van der Waals surface area contributed by atoms with Crippen molar-refractivity contribution >= 4 is 11.9 Å². The second-order valence-corrected chi connectivity index (χ2v) is 9.35. The van der Waals surface area contributed by atoms with Gasteiger partial charge < -0.3 is 9.64 Å². The van der Waals surface area contributed by atoms with Gasteiger partial charge >= 0.3 is 5.97 Å². The van der Waals surface area contributed by atoms with Crippen LogP contribution in [-0.2, 0) is 20.9 Å². The Morgan fingerprint density at radius 1 is 1.09 bits per heavy atom. The number of benzene rings is 1.